The topological polar surface area (TPSA) is 69.0 Å². The molecular formula is C21H22N4O2. The van der Waals surface area contributed by atoms with E-state index in [-0.39, 0.29) is 12.0 Å². The molecule has 1 atom stereocenters. The van der Waals surface area contributed by atoms with Crippen LogP contribution in [0.1, 0.15) is 45.9 Å². The van der Waals surface area contributed by atoms with Crippen molar-refractivity contribution in [1.82, 2.24) is 15.0 Å². The zero-order chi connectivity index (χ0) is 18.8. The maximum absolute atomic E-state index is 12.6. The average Bonchev–Trinajstić information content (AvgIpc) is 3.12. The van der Waals surface area contributed by atoms with Gasteiger partial charge in [-0.05, 0) is 36.6 Å². The van der Waals surface area contributed by atoms with Crippen molar-refractivity contribution in [3.05, 3.63) is 76.6 Å². The van der Waals surface area contributed by atoms with Crippen LogP contribution in [0.2, 0.25) is 0 Å². The highest BCUT2D eigenvalue weighted by Gasteiger charge is 2.27. The maximum Gasteiger partial charge on any atom is 0.278 e. The monoisotopic (exact) mass is 362 g/mol. The fourth-order valence-electron chi connectivity index (χ4n) is 3.18. The first-order valence-electron chi connectivity index (χ1n) is 9.15. The maximum atomic E-state index is 12.6. The van der Waals surface area contributed by atoms with Crippen molar-refractivity contribution < 1.29 is 9.53 Å². The number of nitrogens with zero attached hydrogens (tertiary/aromatic N) is 3. The Bertz CT molecular complexity index is 945. The zero-order valence-corrected chi connectivity index (χ0v) is 15.5. The summed E-state index contributed by atoms with van der Waals surface area (Å²) >= 11 is 0. The molecule has 0 saturated carbocycles. The third-order valence-corrected chi connectivity index (χ3v) is 4.88. The van der Waals surface area contributed by atoms with Crippen LogP contribution in [0.5, 0.6) is 0 Å². The van der Waals surface area contributed by atoms with Gasteiger partial charge in [0.2, 0.25) is 0 Å². The molecule has 6 nitrogen and oxygen atoms in total. The molecule has 1 aliphatic rings. The van der Waals surface area contributed by atoms with E-state index in [1.807, 2.05) is 24.3 Å². The number of hydrogen-bond acceptors (Lipinski definition) is 4. The molecule has 0 fully saturated rings. The number of carbonyl (C=O) groups excluding carboxylic acids is 1. The molecule has 0 unspecified atom stereocenters. The molecule has 4 rings (SSSR count). The highest BCUT2D eigenvalue weighted by atomic mass is 16.5. The van der Waals surface area contributed by atoms with Crippen LogP contribution in [0.3, 0.4) is 0 Å². The third kappa shape index (κ3) is 3.61. The Labute approximate surface area is 158 Å². The van der Waals surface area contributed by atoms with Gasteiger partial charge >= 0.3 is 0 Å². The summed E-state index contributed by atoms with van der Waals surface area (Å²) in [7, 11) is 0. The summed E-state index contributed by atoms with van der Waals surface area (Å²) in [6.07, 6.45) is 0.879. The Morgan fingerprint density at radius 1 is 1.19 bits per heavy atom. The highest BCUT2D eigenvalue weighted by molar-refractivity contribution is 6.03. The lowest BCUT2D eigenvalue weighted by atomic mass is 10.1. The Morgan fingerprint density at radius 3 is 2.63 bits per heavy atom. The Morgan fingerprint density at radius 2 is 1.93 bits per heavy atom. The summed E-state index contributed by atoms with van der Waals surface area (Å²) in [6, 6.07) is 16.1. The predicted molar refractivity (Wildman–Crippen MR) is 103 cm³/mol. The van der Waals surface area contributed by atoms with Crippen molar-refractivity contribution in [2.75, 3.05) is 5.32 Å². The van der Waals surface area contributed by atoms with Gasteiger partial charge in [-0.15, -0.1) is 5.10 Å². The number of hydrogen-bond donors (Lipinski definition) is 1. The van der Waals surface area contributed by atoms with Gasteiger partial charge < -0.3 is 10.1 Å². The van der Waals surface area contributed by atoms with Crippen LogP contribution < -0.4 is 5.32 Å². The van der Waals surface area contributed by atoms with E-state index in [4.69, 9.17) is 4.74 Å². The molecule has 1 N–H and O–H groups in total. The van der Waals surface area contributed by atoms with Gasteiger partial charge in [0.15, 0.2) is 5.69 Å². The van der Waals surface area contributed by atoms with Crippen molar-refractivity contribution in [3.63, 3.8) is 0 Å². The molecule has 3 aromatic rings. The smallest absolute Gasteiger partial charge is 0.278 e. The lowest BCUT2D eigenvalue weighted by Crippen LogP contribution is -2.24. The fourth-order valence-corrected chi connectivity index (χ4v) is 3.18. The van der Waals surface area contributed by atoms with Crippen molar-refractivity contribution in [1.29, 1.82) is 0 Å². The van der Waals surface area contributed by atoms with Crippen LogP contribution in [0.15, 0.2) is 48.5 Å². The number of aromatic nitrogens is 3. The van der Waals surface area contributed by atoms with E-state index in [0.717, 1.165) is 17.7 Å². The summed E-state index contributed by atoms with van der Waals surface area (Å²) in [6.45, 7) is 5.01. The Balaban J connectivity index is 1.48. The molecule has 1 aromatic heterocycles. The molecule has 0 saturated heterocycles. The van der Waals surface area contributed by atoms with Crippen LogP contribution in [-0.4, -0.2) is 20.9 Å². The molecule has 27 heavy (non-hydrogen) atoms. The van der Waals surface area contributed by atoms with E-state index in [2.05, 4.69) is 53.7 Å². The van der Waals surface area contributed by atoms with Gasteiger partial charge in [0.1, 0.15) is 6.10 Å². The molecule has 1 aliphatic heterocycles. The van der Waals surface area contributed by atoms with Crippen LogP contribution in [0.25, 0.3) is 0 Å². The predicted octanol–water partition coefficient (Wildman–Crippen LogP) is 3.67. The van der Waals surface area contributed by atoms with E-state index in [1.165, 1.54) is 11.1 Å². The summed E-state index contributed by atoms with van der Waals surface area (Å²) in [5.41, 5.74) is 5.31. The summed E-state index contributed by atoms with van der Waals surface area (Å²) < 4.78 is 7.75. The normalized spacial score (nSPS) is 16.0. The second-order valence-corrected chi connectivity index (χ2v) is 6.78. The van der Waals surface area contributed by atoms with E-state index >= 15 is 0 Å². The summed E-state index contributed by atoms with van der Waals surface area (Å²) in [4.78, 5) is 12.6. The molecule has 0 bridgehead atoms. The number of ether oxygens (including phenoxy) is 1. The first kappa shape index (κ1) is 17.4. The minimum atomic E-state index is -0.266. The van der Waals surface area contributed by atoms with Crippen molar-refractivity contribution in [2.24, 2.45) is 0 Å². The van der Waals surface area contributed by atoms with E-state index in [9.17, 15) is 4.79 Å². The molecular weight excluding hydrogens is 340 g/mol. The van der Waals surface area contributed by atoms with Gasteiger partial charge in [-0.3, -0.25) is 4.79 Å². The molecule has 6 heteroatoms. The summed E-state index contributed by atoms with van der Waals surface area (Å²) in [5.74, 6) is -0.266. The molecule has 0 spiro atoms. The van der Waals surface area contributed by atoms with Gasteiger partial charge in [-0.2, -0.15) is 0 Å². The Kier molecular flexibility index (Phi) is 4.73. The Hall–Kier alpha value is -2.99. The minimum absolute atomic E-state index is 0.0858. The SMILES string of the molecule is CCc1ccc(NC(=O)c2nnn3c2CO[C@H](c2ccc(C)cc2)C3)cc1. The van der Waals surface area contributed by atoms with E-state index < -0.39 is 0 Å². The van der Waals surface area contributed by atoms with Crippen LogP contribution in [-0.2, 0) is 24.3 Å². The lowest BCUT2D eigenvalue weighted by Gasteiger charge is -2.24. The van der Waals surface area contributed by atoms with Gasteiger partial charge in [0, 0.05) is 5.69 Å². The minimum Gasteiger partial charge on any atom is -0.365 e. The summed E-state index contributed by atoms with van der Waals surface area (Å²) in [5, 5.41) is 11.1. The van der Waals surface area contributed by atoms with Crippen molar-refractivity contribution in [3.8, 4) is 0 Å². The van der Waals surface area contributed by atoms with Gasteiger partial charge in [-0.25, -0.2) is 4.68 Å². The standard InChI is InChI=1S/C21H22N4O2/c1-3-15-6-10-17(11-7-15)22-21(26)20-18-13-27-19(12-25(18)24-23-20)16-8-4-14(2)5-9-16/h4-11,19H,3,12-13H2,1-2H3,(H,22,26)/t19-/m0/s1. The zero-order valence-electron chi connectivity index (χ0n) is 15.5. The number of benzene rings is 2. The number of carbonyl (C=O) groups is 1. The second-order valence-electron chi connectivity index (χ2n) is 6.78. The molecule has 1 amide bonds. The molecule has 0 radical (unpaired) electrons. The molecule has 2 heterocycles. The van der Waals surface area contributed by atoms with Crippen LogP contribution >= 0.6 is 0 Å². The van der Waals surface area contributed by atoms with Crippen molar-refractivity contribution in [2.45, 2.75) is 39.5 Å². The van der Waals surface area contributed by atoms with Gasteiger partial charge in [0.25, 0.3) is 5.91 Å². The fraction of sp³-hybridized carbons (Fsp3) is 0.286. The van der Waals surface area contributed by atoms with Gasteiger partial charge in [0.05, 0.1) is 18.8 Å². The lowest BCUT2D eigenvalue weighted by molar-refractivity contribution is -0.00171. The van der Waals surface area contributed by atoms with Crippen molar-refractivity contribution >= 4 is 11.6 Å². The quantitative estimate of drug-likeness (QED) is 0.769. The first-order chi connectivity index (χ1) is 13.1. The molecule has 138 valence electrons. The van der Waals surface area contributed by atoms with E-state index in [1.54, 1.807) is 4.68 Å². The second kappa shape index (κ2) is 7.32. The van der Waals surface area contributed by atoms with Crippen LogP contribution in [0, 0.1) is 6.92 Å². The number of fused-ring (bicyclic) bond motifs is 1. The first-order valence-corrected chi connectivity index (χ1v) is 9.15. The third-order valence-electron chi connectivity index (χ3n) is 4.88. The highest BCUT2D eigenvalue weighted by Crippen LogP contribution is 2.27. The number of rotatable bonds is 4. The average molecular weight is 362 g/mol. The largest absolute Gasteiger partial charge is 0.365 e. The number of nitrogens with one attached hydrogen (secondary N) is 1. The number of aryl methyl sites for hydroxylation is 2. The number of anilines is 1. The molecule has 0 aliphatic carbocycles. The van der Waals surface area contributed by atoms with Gasteiger partial charge in [-0.1, -0.05) is 54.1 Å². The number of amides is 1. The van der Waals surface area contributed by atoms with E-state index in [0.29, 0.717) is 24.5 Å². The molecule has 2 aromatic carbocycles. The van der Waals surface area contributed by atoms with Crippen LogP contribution in [0.4, 0.5) is 5.69 Å².